The van der Waals surface area contributed by atoms with Gasteiger partial charge in [0.15, 0.2) is 0 Å². The fourth-order valence-corrected chi connectivity index (χ4v) is 2.97. The minimum Gasteiger partial charge on any atom is -0.496 e. The van der Waals surface area contributed by atoms with Crippen LogP contribution < -0.4 is 10.1 Å². The molecule has 1 aromatic rings. The summed E-state index contributed by atoms with van der Waals surface area (Å²) < 4.78 is 5.49. The van der Waals surface area contributed by atoms with Crippen molar-refractivity contribution in [1.82, 2.24) is 10.2 Å². The zero-order chi connectivity index (χ0) is 14.4. The van der Waals surface area contributed by atoms with Crippen LogP contribution in [0.1, 0.15) is 37.3 Å². The largest absolute Gasteiger partial charge is 0.496 e. The van der Waals surface area contributed by atoms with Gasteiger partial charge in [-0.3, -0.25) is 4.90 Å². The van der Waals surface area contributed by atoms with Gasteiger partial charge in [0.25, 0.3) is 0 Å². The molecule has 1 unspecified atom stereocenters. The predicted molar refractivity (Wildman–Crippen MR) is 84.3 cm³/mol. The molecule has 0 radical (unpaired) electrons. The standard InChI is InChI=1S/C17H28N2O/c1-4-19(13-16-7-5-6-10-18-16)12-15-11-14(2)8-9-17(15)20-3/h8-9,11,16,18H,4-7,10,12-13H2,1-3H3. The van der Waals surface area contributed by atoms with Crippen LogP contribution in [0.3, 0.4) is 0 Å². The Hall–Kier alpha value is -1.06. The molecule has 112 valence electrons. The van der Waals surface area contributed by atoms with Gasteiger partial charge in [0, 0.05) is 24.7 Å². The Morgan fingerprint density at radius 1 is 1.35 bits per heavy atom. The summed E-state index contributed by atoms with van der Waals surface area (Å²) in [5, 5.41) is 3.64. The van der Waals surface area contributed by atoms with Crippen LogP contribution in [0.15, 0.2) is 18.2 Å². The summed E-state index contributed by atoms with van der Waals surface area (Å²) in [5.41, 5.74) is 2.60. The Morgan fingerprint density at radius 3 is 2.85 bits per heavy atom. The van der Waals surface area contributed by atoms with Gasteiger partial charge in [-0.05, 0) is 38.9 Å². The lowest BCUT2D eigenvalue weighted by molar-refractivity contribution is 0.224. The molecule has 0 saturated carbocycles. The van der Waals surface area contributed by atoms with E-state index in [9.17, 15) is 0 Å². The zero-order valence-corrected chi connectivity index (χ0v) is 13.1. The Morgan fingerprint density at radius 2 is 2.20 bits per heavy atom. The normalized spacial score (nSPS) is 19.3. The number of nitrogens with one attached hydrogen (secondary N) is 1. The number of methoxy groups -OCH3 is 1. The molecule has 0 aliphatic carbocycles. The molecule has 0 bridgehead atoms. The molecule has 1 aliphatic rings. The van der Waals surface area contributed by atoms with E-state index in [0.717, 1.165) is 25.4 Å². The monoisotopic (exact) mass is 276 g/mol. The predicted octanol–water partition coefficient (Wildman–Crippen LogP) is 2.97. The smallest absolute Gasteiger partial charge is 0.123 e. The van der Waals surface area contributed by atoms with Crippen molar-refractivity contribution in [2.75, 3.05) is 26.7 Å². The molecule has 1 aromatic carbocycles. The van der Waals surface area contributed by atoms with E-state index >= 15 is 0 Å². The molecule has 1 aliphatic heterocycles. The summed E-state index contributed by atoms with van der Waals surface area (Å²) in [4.78, 5) is 2.51. The van der Waals surface area contributed by atoms with Gasteiger partial charge in [-0.25, -0.2) is 0 Å². The van der Waals surface area contributed by atoms with Crippen LogP contribution in [0.5, 0.6) is 5.75 Å². The van der Waals surface area contributed by atoms with Crippen molar-refractivity contribution >= 4 is 0 Å². The Labute approximate surface area is 123 Å². The number of rotatable bonds is 6. The quantitative estimate of drug-likeness (QED) is 0.864. The molecular weight excluding hydrogens is 248 g/mol. The van der Waals surface area contributed by atoms with Crippen LogP contribution in [-0.4, -0.2) is 37.7 Å². The Bertz CT molecular complexity index is 413. The number of ether oxygens (including phenoxy) is 1. The summed E-state index contributed by atoms with van der Waals surface area (Å²) in [7, 11) is 1.76. The first-order valence-electron chi connectivity index (χ1n) is 7.82. The van der Waals surface area contributed by atoms with Gasteiger partial charge in [-0.1, -0.05) is 31.0 Å². The van der Waals surface area contributed by atoms with E-state index in [1.165, 1.54) is 36.9 Å². The molecule has 0 aromatic heterocycles. The van der Waals surface area contributed by atoms with Crippen molar-refractivity contribution in [1.29, 1.82) is 0 Å². The zero-order valence-electron chi connectivity index (χ0n) is 13.1. The van der Waals surface area contributed by atoms with Gasteiger partial charge in [0.2, 0.25) is 0 Å². The van der Waals surface area contributed by atoms with Crippen LogP contribution in [0.4, 0.5) is 0 Å². The third kappa shape index (κ3) is 4.22. The van der Waals surface area contributed by atoms with E-state index in [2.05, 4.69) is 42.3 Å². The van der Waals surface area contributed by atoms with Gasteiger partial charge >= 0.3 is 0 Å². The number of hydrogen-bond donors (Lipinski definition) is 1. The van der Waals surface area contributed by atoms with E-state index in [1.54, 1.807) is 7.11 Å². The minimum atomic E-state index is 0.652. The Kier molecular flexibility index (Phi) is 5.86. The van der Waals surface area contributed by atoms with Gasteiger partial charge < -0.3 is 10.1 Å². The van der Waals surface area contributed by atoms with Gasteiger partial charge in [-0.15, -0.1) is 0 Å². The second-order valence-corrected chi connectivity index (χ2v) is 5.79. The first-order chi connectivity index (χ1) is 9.72. The third-order valence-corrected chi connectivity index (χ3v) is 4.17. The molecule has 1 atom stereocenters. The van der Waals surface area contributed by atoms with Crippen molar-refractivity contribution in [3.8, 4) is 5.75 Å². The molecule has 3 nitrogen and oxygen atoms in total. The summed E-state index contributed by atoms with van der Waals surface area (Å²) in [6.07, 6.45) is 4.00. The molecule has 3 heteroatoms. The SMILES string of the molecule is CCN(Cc1cc(C)ccc1OC)CC1CCCCN1. The first kappa shape index (κ1) is 15.3. The van der Waals surface area contributed by atoms with E-state index in [4.69, 9.17) is 4.74 Å². The molecule has 20 heavy (non-hydrogen) atoms. The lowest BCUT2D eigenvalue weighted by Gasteiger charge is -2.30. The number of benzene rings is 1. The van der Waals surface area contributed by atoms with Crippen LogP contribution in [0, 0.1) is 6.92 Å². The number of nitrogens with zero attached hydrogens (tertiary/aromatic N) is 1. The lowest BCUT2D eigenvalue weighted by Crippen LogP contribution is -2.43. The number of piperidine rings is 1. The van der Waals surface area contributed by atoms with Crippen LogP contribution in [0.25, 0.3) is 0 Å². The van der Waals surface area contributed by atoms with Gasteiger partial charge in [0.1, 0.15) is 5.75 Å². The van der Waals surface area contributed by atoms with Crippen molar-refractivity contribution in [2.45, 2.75) is 45.7 Å². The summed E-state index contributed by atoms with van der Waals surface area (Å²) in [5.74, 6) is 1.01. The Balaban J connectivity index is 1.99. The van der Waals surface area contributed by atoms with Crippen molar-refractivity contribution in [3.63, 3.8) is 0 Å². The number of hydrogen-bond acceptors (Lipinski definition) is 3. The lowest BCUT2D eigenvalue weighted by atomic mass is 10.0. The average molecular weight is 276 g/mol. The summed E-state index contributed by atoms with van der Waals surface area (Å²) in [6, 6.07) is 7.09. The average Bonchev–Trinajstić information content (AvgIpc) is 2.48. The minimum absolute atomic E-state index is 0.652. The maximum Gasteiger partial charge on any atom is 0.123 e. The summed E-state index contributed by atoms with van der Waals surface area (Å²) in [6.45, 7) is 8.74. The van der Waals surface area contributed by atoms with Crippen molar-refractivity contribution < 1.29 is 4.74 Å². The molecular formula is C17H28N2O. The molecule has 1 heterocycles. The van der Waals surface area contributed by atoms with E-state index in [1.807, 2.05) is 0 Å². The van der Waals surface area contributed by atoms with E-state index < -0.39 is 0 Å². The second-order valence-electron chi connectivity index (χ2n) is 5.79. The highest BCUT2D eigenvalue weighted by molar-refractivity contribution is 5.36. The maximum absolute atomic E-state index is 5.49. The molecule has 1 N–H and O–H groups in total. The molecule has 1 fully saturated rings. The molecule has 2 rings (SSSR count). The van der Waals surface area contributed by atoms with Gasteiger partial charge in [-0.2, -0.15) is 0 Å². The first-order valence-corrected chi connectivity index (χ1v) is 7.82. The molecule has 0 amide bonds. The van der Waals surface area contributed by atoms with Crippen molar-refractivity contribution in [3.05, 3.63) is 29.3 Å². The van der Waals surface area contributed by atoms with Crippen molar-refractivity contribution in [2.24, 2.45) is 0 Å². The fraction of sp³-hybridized carbons (Fsp3) is 0.647. The number of likely N-dealkylation sites (N-methyl/N-ethyl adjacent to an activating group) is 1. The van der Waals surface area contributed by atoms with Crippen LogP contribution >= 0.6 is 0 Å². The maximum atomic E-state index is 5.49. The van der Waals surface area contributed by atoms with E-state index in [0.29, 0.717) is 6.04 Å². The molecule has 0 spiro atoms. The third-order valence-electron chi connectivity index (χ3n) is 4.17. The molecule has 1 saturated heterocycles. The van der Waals surface area contributed by atoms with E-state index in [-0.39, 0.29) is 0 Å². The number of aryl methyl sites for hydroxylation is 1. The summed E-state index contributed by atoms with van der Waals surface area (Å²) >= 11 is 0. The highest BCUT2D eigenvalue weighted by Crippen LogP contribution is 2.22. The van der Waals surface area contributed by atoms with Crippen LogP contribution in [0.2, 0.25) is 0 Å². The highest BCUT2D eigenvalue weighted by Gasteiger charge is 2.17. The fourth-order valence-electron chi connectivity index (χ4n) is 2.97. The highest BCUT2D eigenvalue weighted by atomic mass is 16.5. The van der Waals surface area contributed by atoms with Crippen LogP contribution in [-0.2, 0) is 6.54 Å². The second kappa shape index (κ2) is 7.65. The topological polar surface area (TPSA) is 24.5 Å². The van der Waals surface area contributed by atoms with Gasteiger partial charge in [0.05, 0.1) is 7.11 Å².